The fourth-order valence-electron chi connectivity index (χ4n) is 1.87. The summed E-state index contributed by atoms with van der Waals surface area (Å²) in [4.78, 5) is 11.1. The standard InChI is InChI=1S/C11H18O3/c1-3-8-14-11(10(12)13)6-4-9(2)5-7-11/h3,9H,1,4-8H2,2H3,(H,12,13). The third-order valence-electron chi connectivity index (χ3n) is 2.95. The lowest BCUT2D eigenvalue weighted by Crippen LogP contribution is -2.44. The minimum Gasteiger partial charge on any atom is -0.479 e. The summed E-state index contributed by atoms with van der Waals surface area (Å²) in [5.74, 6) is -0.207. The van der Waals surface area contributed by atoms with E-state index in [0.29, 0.717) is 25.4 Å². The van der Waals surface area contributed by atoms with E-state index in [4.69, 9.17) is 9.84 Å². The van der Waals surface area contributed by atoms with Crippen molar-refractivity contribution in [2.45, 2.75) is 38.2 Å². The van der Waals surface area contributed by atoms with Gasteiger partial charge in [-0.15, -0.1) is 6.58 Å². The van der Waals surface area contributed by atoms with Crippen LogP contribution in [0.2, 0.25) is 0 Å². The molecule has 0 spiro atoms. The molecule has 1 fully saturated rings. The number of carboxylic acid groups (broad SMARTS) is 1. The first-order valence-corrected chi connectivity index (χ1v) is 5.09. The van der Waals surface area contributed by atoms with Crippen molar-refractivity contribution >= 4 is 5.97 Å². The van der Waals surface area contributed by atoms with Crippen LogP contribution in [0.4, 0.5) is 0 Å². The van der Waals surface area contributed by atoms with E-state index in [1.165, 1.54) is 0 Å². The largest absolute Gasteiger partial charge is 0.479 e. The van der Waals surface area contributed by atoms with E-state index in [-0.39, 0.29) is 0 Å². The fourth-order valence-corrected chi connectivity index (χ4v) is 1.87. The molecule has 0 aromatic heterocycles. The number of rotatable bonds is 4. The minimum absolute atomic E-state index is 0.320. The summed E-state index contributed by atoms with van der Waals surface area (Å²) in [6.07, 6.45) is 4.71. The van der Waals surface area contributed by atoms with Crippen LogP contribution >= 0.6 is 0 Å². The van der Waals surface area contributed by atoms with Gasteiger partial charge in [-0.1, -0.05) is 13.0 Å². The highest BCUT2D eigenvalue weighted by Gasteiger charge is 2.41. The second-order valence-electron chi connectivity index (χ2n) is 4.08. The van der Waals surface area contributed by atoms with E-state index in [9.17, 15) is 4.79 Å². The van der Waals surface area contributed by atoms with Crippen molar-refractivity contribution in [2.24, 2.45) is 5.92 Å². The Balaban J connectivity index is 2.62. The van der Waals surface area contributed by atoms with Gasteiger partial charge in [-0.25, -0.2) is 4.79 Å². The van der Waals surface area contributed by atoms with Gasteiger partial charge < -0.3 is 9.84 Å². The first kappa shape index (κ1) is 11.2. The predicted octanol–water partition coefficient (Wildman–Crippen LogP) is 2.22. The van der Waals surface area contributed by atoms with Gasteiger partial charge in [0.15, 0.2) is 5.60 Å². The molecule has 0 atom stereocenters. The molecule has 0 radical (unpaired) electrons. The van der Waals surface area contributed by atoms with Crippen LogP contribution < -0.4 is 0 Å². The third-order valence-corrected chi connectivity index (χ3v) is 2.95. The highest BCUT2D eigenvalue weighted by molar-refractivity contribution is 5.77. The zero-order valence-corrected chi connectivity index (χ0v) is 8.66. The second-order valence-corrected chi connectivity index (χ2v) is 4.08. The molecule has 0 aromatic rings. The molecule has 1 aliphatic carbocycles. The third kappa shape index (κ3) is 2.35. The normalized spacial score (nSPS) is 32.5. The predicted molar refractivity (Wildman–Crippen MR) is 54.1 cm³/mol. The number of hydrogen-bond acceptors (Lipinski definition) is 2. The van der Waals surface area contributed by atoms with Crippen molar-refractivity contribution in [2.75, 3.05) is 6.61 Å². The molecule has 1 N–H and O–H groups in total. The maximum absolute atomic E-state index is 11.1. The van der Waals surface area contributed by atoms with Gasteiger partial charge in [0.2, 0.25) is 0 Å². The van der Waals surface area contributed by atoms with E-state index < -0.39 is 11.6 Å². The van der Waals surface area contributed by atoms with Crippen LogP contribution in [0.15, 0.2) is 12.7 Å². The highest BCUT2D eigenvalue weighted by Crippen LogP contribution is 2.34. The van der Waals surface area contributed by atoms with Crippen LogP contribution in [0.5, 0.6) is 0 Å². The zero-order chi connectivity index (χ0) is 10.6. The molecule has 0 heterocycles. The van der Waals surface area contributed by atoms with E-state index in [0.717, 1.165) is 12.8 Å². The van der Waals surface area contributed by atoms with E-state index >= 15 is 0 Å². The van der Waals surface area contributed by atoms with Crippen molar-refractivity contribution in [3.05, 3.63) is 12.7 Å². The molecule has 1 saturated carbocycles. The molecule has 0 amide bonds. The van der Waals surface area contributed by atoms with Gasteiger partial charge in [-0.05, 0) is 31.6 Å². The SMILES string of the molecule is C=CCOC1(C(=O)O)CCC(C)CC1. The van der Waals surface area contributed by atoms with Crippen LogP contribution in [0, 0.1) is 5.92 Å². The van der Waals surface area contributed by atoms with Crippen molar-refractivity contribution in [1.82, 2.24) is 0 Å². The Morgan fingerprint density at radius 3 is 2.64 bits per heavy atom. The van der Waals surface area contributed by atoms with Crippen molar-refractivity contribution in [3.63, 3.8) is 0 Å². The molecule has 1 rings (SSSR count). The summed E-state index contributed by atoms with van der Waals surface area (Å²) in [5, 5.41) is 9.14. The smallest absolute Gasteiger partial charge is 0.335 e. The van der Waals surface area contributed by atoms with Crippen LogP contribution in [0.25, 0.3) is 0 Å². The lowest BCUT2D eigenvalue weighted by molar-refractivity contribution is -0.170. The maximum Gasteiger partial charge on any atom is 0.335 e. The molecule has 80 valence electrons. The Hall–Kier alpha value is -0.830. The molecule has 14 heavy (non-hydrogen) atoms. The summed E-state index contributed by atoms with van der Waals surface area (Å²) < 4.78 is 5.41. The lowest BCUT2D eigenvalue weighted by atomic mass is 9.79. The maximum atomic E-state index is 11.1. The lowest BCUT2D eigenvalue weighted by Gasteiger charge is -2.35. The van der Waals surface area contributed by atoms with Crippen LogP contribution in [-0.4, -0.2) is 23.3 Å². The minimum atomic E-state index is -0.944. The Labute approximate surface area is 84.8 Å². The quantitative estimate of drug-likeness (QED) is 0.704. The van der Waals surface area contributed by atoms with Gasteiger partial charge >= 0.3 is 5.97 Å². The summed E-state index contributed by atoms with van der Waals surface area (Å²) in [6.45, 7) is 6.00. The molecule has 0 saturated heterocycles. The molecule has 3 nitrogen and oxygen atoms in total. The molecule has 1 aliphatic rings. The number of ether oxygens (including phenoxy) is 1. The molecule has 0 bridgehead atoms. The fraction of sp³-hybridized carbons (Fsp3) is 0.727. The Bertz CT molecular complexity index is 215. The first-order chi connectivity index (χ1) is 6.60. The van der Waals surface area contributed by atoms with E-state index in [2.05, 4.69) is 13.5 Å². The van der Waals surface area contributed by atoms with Gasteiger partial charge in [0.05, 0.1) is 6.61 Å². The van der Waals surface area contributed by atoms with Gasteiger partial charge in [0.1, 0.15) is 0 Å². The van der Waals surface area contributed by atoms with E-state index in [1.54, 1.807) is 6.08 Å². The van der Waals surface area contributed by atoms with Crippen molar-refractivity contribution in [1.29, 1.82) is 0 Å². The molecular weight excluding hydrogens is 180 g/mol. The van der Waals surface area contributed by atoms with Crippen molar-refractivity contribution < 1.29 is 14.6 Å². The average Bonchev–Trinajstić information content (AvgIpc) is 2.17. The number of carboxylic acids is 1. The highest BCUT2D eigenvalue weighted by atomic mass is 16.5. The van der Waals surface area contributed by atoms with Crippen LogP contribution in [0.1, 0.15) is 32.6 Å². The van der Waals surface area contributed by atoms with Crippen molar-refractivity contribution in [3.8, 4) is 0 Å². The molecule has 3 heteroatoms. The average molecular weight is 198 g/mol. The number of carbonyl (C=O) groups is 1. The van der Waals surface area contributed by atoms with Gasteiger partial charge in [0.25, 0.3) is 0 Å². The van der Waals surface area contributed by atoms with Gasteiger partial charge in [0, 0.05) is 0 Å². The molecular formula is C11H18O3. The topological polar surface area (TPSA) is 46.5 Å². The summed E-state index contributed by atoms with van der Waals surface area (Å²) in [7, 11) is 0. The second kappa shape index (κ2) is 4.60. The number of hydrogen-bond donors (Lipinski definition) is 1. The molecule has 0 unspecified atom stereocenters. The van der Waals surface area contributed by atoms with Gasteiger partial charge in [-0.3, -0.25) is 0 Å². The summed E-state index contributed by atoms with van der Waals surface area (Å²) in [5.41, 5.74) is -0.944. The summed E-state index contributed by atoms with van der Waals surface area (Å²) in [6, 6.07) is 0. The van der Waals surface area contributed by atoms with Gasteiger partial charge in [-0.2, -0.15) is 0 Å². The zero-order valence-electron chi connectivity index (χ0n) is 8.66. The molecule has 0 aromatic carbocycles. The monoisotopic (exact) mass is 198 g/mol. The van der Waals surface area contributed by atoms with Crippen LogP contribution in [0.3, 0.4) is 0 Å². The Morgan fingerprint density at radius 2 is 2.21 bits per heavy atom. The Kier molecular flexibility index (Phi) is 3.69. The molecule has 0 aliphatic heterocycles. The van der Waals surface area contributed by atoms with Crippen LogP contribution in [-0.2, 0) is 9.53 Å². The summed E-state index contributed by atoms with van der Waals surface area (Å²) >= 11 is 0. The Morgan fingerprint density at radius 1 is 1.64 bits per heavy atom. The first-order valence-electron chi connectivity index (χ1n) is 5.09. The van der Waals surface area contributed by atoms with E-state index in [1.807, 2.05) is 0 Å². The number of aliphatic carboxylic acids is 1.